The molecule has 1 fully saturated rings. The third-order valence-electron chi connectivity index (χ3n) is 5.57. The summed E-state index contributed by atoms with van der Waals surface area (Å²) in [6.07, 6.45) is 10.5. The van der Waals surface area contributed by atoms with Crippen LogP contribution in [0.2, 0.25) is 0 Å². The number of hydrogen-bond acceptors (Lipinski definition) is 8. The lowest BCUT2D eigenvalue weighted by Crippen LogP contribution is -2.42. The van der Waals surface area contributed by atoms with Crippen LogP contribution >= 0.6 is 11.3 Å². The van der Waals surface area contributed by atoms with Crippen LogP contribution in [-0.2, 0) is 12.8 Å². The number of likely N-dealkylation sites (tertiary alicyclic amines) is 1. The maximum Gasteiger partial charge on any atom is 0.115 e. The maximum absolute atomic E-state index is 9.43. The molecule has 0 radical (unpaired) electrons. The third-order valence-corrected chi connectivity index (χ3v) is 6.92. The summed E-state index contributed by atoms with van der Waals surface area (Å²) in [4.78, 5) is 13.1. The Morgan fingerprint density at radius 1 is 1.41 bits per heavy atom. The van der Waals surface area contributed by atoms with Gasteiger partial charge in [-0.3, -0.25) is 9.91 Å². The molecule has 0 aromatic carbocycles. The van der Waals surface area contributed by atoms with Crippen LogP contribution in [0.5, 0.6) is 0 Å². The van der Waals surface area contributed by atoms with Gasteiger partial charge in [-0.2, -0.15) is 0 Å². The van der Waals surface area contributed by atoms with Crippen LogP contribution in [0.25, 0.3) is 0 Å². The van der Waals surface area contributed by atoms with Gasteiger partial charge in [0, 0.05) is 47.3 Å². The maximum atomic E-state index is 9.43. The van der Waals surface area contributed by atoms with Crippen molar-refractivity contribution in [2.24, 2.45) is 11.6 Å². The van der Waals surface area contributed by atoms with Gasteiger partial charge in [0.25, 0.3) is 0 Å². The first-order valence-electron chi connectivity index (χ1n) is 10.2. The summed E-state index contributed by atoms with van der Waals surface area (Å²) in [5, 5.41) is 10.9. The van der Waals surface area contributed by atoms with Gasteiger partial charge in [0.05, 0.1) is 18.1 Å². The molecule has 3 heterocycles. The fourth-order valence-electron chi connectivity index (χ4n) is 4.01. The summed E-state index contributed by atoms with van der Waals surface area (Å²) in [6.45, 7) is 6.36. The predicted octanol–water partition coefficient (Wildman–Crippen LogP) is 2.38. The van der Waals surface area contributed by atoms with Crippen molar-refractivity contribution in [1.82, 2.24) is 14.9 Å². The molecule has 7 nitrogen and oxygen atoms in total. The van der Waals surface area contributed by atoms with E-state index in [0.29, 0.717) is 29.9 Å². The molecular formula is C21H32N6OS. The normalized spacial score (nSPS) is 20.8. The molecule has 1 aliphatic heterocycles. The second-order valence-corrected chi connectivity index (χ2v) is 8.89. The standard InChI is InChI=1S/C21H32N6OS/c1-3-19-9-20(21(29-19)5-7-28)16-4-6-26(15(2)8-16)12-17(22)13-27(23)18-10-24-14-25-11-18/h9-11,13-16,28H,3-8,12,22-23H2,1-2H3/b17-13-. The average Bonchev–Trinajstić information content (AvgIpc) is 3.13. The molecule has 5 N–H and O–H groups in total. The van der Waals surface area contributed by atoms with Gasteiger partial charge in [0.15, 0.2) is 0 Å². The molecular weight excluding hydrogens is 384 g/mol. The third kappa shape index (κ3) is 5.54. The molecule has 29 heavy (non-hydrogen) atoms. The predicted molar refractivity (Wildman–Crippen MR) is 118 cm³/mol. The van der Waals surface area contributed by atoms with Crippen molar-refractivity contribution >= 4 is 17.0 Å². The zero-order chi connectivity index (χ0) is 20.8. The van der Waals surface area contributed by atoms with Gasteiger partial charge in [-0.05, 0) is 50.3 Å². The molecule has 0 amide bonds. The Morgan fingerprint density at radius 3 is 2.83 bits per heavy atom. The molecule has 1 saturated heterocycles. The summed E-state index contributed by atoms with van der Waals surface area (Å²) in [7, 11) is 0. The van der Waals surface area contributed by atoms with Crippen molar-refractivity contribution in [2.45, 2.75) is 51.5 Å². The minimum Gasteiger partial charge on any atom is -0.400 e. The highest BCUT2D eigenvalue weighted by Gasteiger charge is 2.28. The second-order valence-electron chi connectivity index (χ2n) is 7.67. The number of hydrogen-bond donors (Lipinski definition) is 3. The van der Waals surface area contributed by atoms with Gasteiger partial charge < -0.3 is 10.8 Å². The summed E-state index contributed by atoms with van der Waals surface area (Å²) in [5.41, 5.74) is 9.13. The highest BCUT2D eigenvalue weighted by atomic mass is 32.1. The number of piperidine rings is 1. The number of nitrogens with zero attached hydrogens (tertiary/aromatic N) is 4. The Balaban J connectivity index is 1.62. The van der Waals surface area contributed by atoms with Crippen molar-refractivity contribution in [3.63, 3.8) is 0 Å². The van der Waals surface area contributed by atoms with E-state index in [9.17, 15) is 5.11 Å². The van der Waals surface area contributed by atoms with Crippen LogP contribution in [0.4, 0.5) is 5.69 Å². The summed E-state index contributed by atoms with van der Waals surface area (Å²) in [5.74, 6) is 6.61. The fourth-order valence-corrected chi connectivity index (χ4v) is 5.19. The SMILES string of the molecule is CCc1cc(C2CCN(C/C(N)=C/N(N)c3cncnc3)C(C)C2)c(CCO)s1. The summed E-state index contributed by atoms with van der Waals surface area (Å²) in [6, 6.07) is 2.80. The van der Waals surface area contributed by atoms with Crippen LogP contribution < -0.4 is 16.6 Å². The first-order chi connectivity index (χ1) is 14.0. The number of aryl methyl sites for hydroxylation is 1. The molecule has 2 aromatic heterocycles. The number of aliphatic hydroxyl groups is 1. The Morgan fingerprint density at radius 2 is 2.17 bits per heavy atom. The van der Waals surface area contributed by atoms with Crippen LogP contribution in [0.3, 0.4) is 0 Å². The average molecular weight is 417 g/mol. The molecule has 2 unspecified atom stereocenters. The van der Waals surface area contributed by atoms with Crippen molar-refractivity contribution in [2.75, 3.05) is 24.7 Å². The van der Waals surface area contributed by atoms with E-state index in [0.717, 1.165) is 32.2 Å². The van der Waals surface area contributed by atoms with E-state index < -0.39 is 0 Å². The molecule has 0 bridgehead atoms. The van der Waals surface area contributed by atoms with Crippen LogP contribution in [-0.4, -0.2) is 45.7 Å². The molecule has 8 heteroatoms. The highest BCUT2D eigenvalue weighted by molar-refractivity contribution is 7.12. The van der Waals surface area contributed by atoms with Gasteiger partial charge in [-0.15, -0.1) is 11.3 Å². The number of thiophene rings is 1. The monoisotopic (exact) mass is 416 g/mol. The topological polar surface area (TPSA) is 105 Å². The Labute approximate surface area is 177 Å². The minimum absolute atomic E-state index is 0.217. The second kappa shape index (κ2) is 10.2. The number of anilines is 1. The first kappa shape index (κ1) is 21.7. The molecule has 0 saturated carbocycles. The van der Waals surface area contributed by atoms with Crippen molar-refractivity contribution < 1.29 is 5.11 Å². The molecule has 0 aliphatic carbocycles. The summed E-state index contributed by atoms with van der Waals surface area (Å²) >= 11 is 1.86. The van der Waals surface area contributed by atoms with Gasteiger partial charge in [0.1, 0.15) is 6.33 Å². The number of rotatable bonds is 8. The van der Waals surface area contributed by atoms with E-state index in [4.69, 9.17) is 11.6 Å². The largest absolute Gasteiger partial charge is 0.400 e. The quantitative estimate of drug-likeness (QED) is 0.448. The first-order valence-corrected chi connectivity index (χ1v) is 11.0. The lowest BCUT2D eigenvalue weighted by molar-refractivity contribution is 0.158. The van der Waals surface area contributed by atoms with Crippen LogP contribution in [0.1, 0.15) is 47.9 Å². The Bertz CT molecular complexity index is 809. The van der Waals surface area contributed by atoms with Gasteiger partial charge >= 0.3 is 0 Å². The van der Waals surface area contributed by atoms with E-state index in [2.05, 4.69) is 34.8 Å². The Kier molecular flexibility index (Phi) is 7.60. The van der Waals surface area contributed by atoms with E-state index >= 15 is 0 Å². The van der Waals surface area contributed by atoms with Crippen LogP contribution in [0.15, 0.2) is 36.7 Å². The van der Waals surface area contributed by atoms with Gasteiger partial charge in [-0.1, -0.05) is 6.92 Å². The van der Waals surface area contributed by atoms with E-state index in [-0.39, 0.29) is 6.61 Å². The number of nitrogens with two attached hydrogens (primary N) is 2. The number of aliphatic hydroxyl groups excluding tert-OH is 1. The molecule has 1 aliphatic rings. The fraction of sp³-hybridized carbons (Fsp3) is 0.524. The van der Waals surface area contributed by atoms with Crippen molar-refractivity contribution in [3.05, 3.63) is 52.0 Å². The lowest BCUT2D eigenvalue weighted by Gasteiger charge is -2.38. The van der Waals surface area contributed by atoms with Crippen molar-refractivity contribution in [3.8, 4) is 0 Å². The molecule has 3 rings (SSSR count). The van der Waals surface area contributed by atoms with Crippen LogP contribution in [0, 0.1) is 0 Å². The minimum atomic E-state index is 0.217. The van der Waals surface area contributed by atoms with E-state index in [1.807, 2.05) is 11.3 Å². The number of hydrazine groups is 1. The molecule has 158 valence electrons. The van der Waals surface area contributed by atoms with Gasteiger partial charge in [-0.25, -0.2) is 15.8 Å². The zero-order valence-corrected chi connectivity index (χ0v) is 18.1. The van der Waals surface area contributed by atoms with E-state index in [1.54, 1.807) is 18.6 Å². The molecule has 2 atom stereocenters. The number of aromatic nitrogens is 2. The highest BCUT2D eigenvalue weighted by Crippen LogP contribution is 2.37. The molecule has 2 aromatic rings. The Hall–Kier alpha value is -2.00. The van der Waals surface area contributed by atoms with Crippen molar-refractivity contribution in [1.29, 1.82) is 0 Å². The van der Waals surface area contributed by atoms with E-state index in [1.165, 1.54) is 26.7 Å². The lowest BCUT2D eigenvalue weighted by atomic mass is 9.85. The zero-order valence-electron chi connectivity index (χ0n) is 17.3. The smallest absolute Gasteiger partial charge is 0.115 e. The van der Waals surface area contributed by atoms with Gasteiger partial charge in [0.2, 0.25) is 0 Å². The molecule has 0 spiro atoms. The summed E-state index contributed by atoms with van der Waals surface area (Å²) < 4.78 is 0.